The first-order valence-corrected chi connectivity index (χ1v) is 8.42. The second kappa shape index (κ2) is 8.08. The van der Waals surface area contributed by atoms with Crippen molar-refractivity contribution in [2.45, 2.75) is 12.7 Å². The number of carbonyl (C=O) groups excluding carboxylic acids is 1. The summed E-state index contributed by atoms with van der Waals surface area (Å²) < 4.78 is 39.5. The minimum Gasteiger partial charge on any atom is -0.350 e. The van der Waals surface area contributed by atoms with Crippen LogP contribution in [0.4, 0.5) is 13.2 Å². The molecule has 8 heteroatoms. The van der Waals surface area contributed by atoms with Gasteiger partial charge >= 0.3 is 6.18 Å². The largest absolute Gasteiger partial charge is 0.416 e. The van der Waals surface area contributed by atoms with E-state index in [0.717, 1.165) is 17.7 Å². The highest BCUT2D eigenvalue weighted by molar-refractivity contribution is 5.94. The van der Waals surface area contributed by atoms with Crippen molar-refractivity contribution < 1.29 is 18.0 Å². The van der Waals surface area contributed by atoms with Crippen LogP contribution in [-0.4, -0.2) is 22.0 Å². The molecule has 1 heterocycles. The van der Waals surface area contributed by atoms with Crippen LogP contribution in [0.15, 0.2) is 71.8 Å². The first kappa shape index (κ1) is 19.3. The summed E-state index contributed by atoms with van der Waals surface area (Å²) in [6.07, 6.45) is -3.14. The monoisotopic (exact) mass is 387 g/mol. The van der Waals surface area contributed by atoms with Crippen molar-refractivity contribution in [3.05, 3.63) is 88.5 Å². The third kappa shape index (κ3) is 4.64. The van der Waals surface area contributed by atoms with Crippen molar-refractivity contribution in [1.29, 1.82) is 0 Å². The van der Waals surface area contributed by atoms with Crippen LogP contribution in [0.5, 0.6) is 0 Å². The minimum atomic E-state index is -4.52. The third-order valence-electron chi connectivity index (χ3n) is 4.04. The molecule has 0 fully saturated rings. The molecule has 0 bridgehead atoms. The van der Waals surface area contributed by atoms with Crippen LogP contribution >= 0.6 is 0 Å². The van der Waals surface area contributed by atoms with Gasteiger partial charge < -0.3 is 5.32 Å². The Labute approximate surface area is 158 Å². The number of alkyl halides is 3. The number of nitrogens with one attached hydrogen (secondary N) is 1. The molecule has 3 aromatic rings. The molecule has 144 valence electrons. The zero-order valence-electron chi connectivity index (χ0n) is 14.6. The van der Waals surface area contributed by atoms with E-state index in [4.69, 9.17) is 0 Å². The Morgan fingerprint density at radius 2 is 1.79 bits per heavy atom. The highest BCUT2D eigenvalue weighted by Crippen LogP contribution is 2.29. The van der Waals surface area contributed by atoms with Crippen LogP contribution in [0.25, 0.3) is 11.3 Å². The molecule has 0 aliphatic rings. The molecule has 0 unspecified atom stereocenters. The van der Waals surface area contributed by atoms with Crippen LogP contribution < -0.4 is 10.9 Å². The summed E-state index contributed by atoms with van der Waals surface area (Å²) in [5.41, 5.74) is 0.0680. The maximum absolute atomic E-state index is 12.7. The van der Waals surface area contributed by atoms with E-state index in [9.17, 15) is 22.8 Å². The van der Waals surface area contributed by atoms with Gasteiger partial charge in [-0.1, -0.05) is 36.4 Å². The van der Waals surface area contributed by atoms with E-state index in [1.807, 2.05) is 30.3 Å². The van der Waals surface area contributed by atoms with Gasteiger partial charge in [-0.25, -0.2) is 4.98 Å². The van der Waals surface area contributed by atoms with Gasteiger partial charge in [0, 0.05) is 30.3 Å². The summed E-state index contributed by atoms with van der Waals surface area (Å²) in [4.78, 5) is 28.5. The summed E-state index contributed by atoms with van der Waals surface area (Å²) in [7, 11) is 0. The maximum atomic E-state index is 12.7. The fraction of sp³-hybridized carbons (Fsp3) is 0.150. The van der Waals surface area contributed by atoms with Gasteiger partial charge in [0.15, 0.2) is 0 Å². The van der Waals surface area contributed by atoms with Crippen molar-refractivity contribution in [3.8, 4) is 11.3 Å². The van der Waals surface area contributed by atoms with Gasteiger partial charge in [-0.3, -0.25) is 14.2 Å². The molecule has 0 saturated heterocycles. The van der Waals surface area contributed by atoms with E-state index in [1.54, 1.807) is 0 Å². The number of hydrogen-bond acceptors (Lipinski definition) is 3. The van der Waals surface area contributed by atoms with Crippen LogP contribution in [0, 0.1) is 0 Å². The van der Waals surface area contributed by atoms with Gasteiger partial charge in [-0.15, -0.1) is 0 Å². The normalized spacial score (nSPS) is 11.2. The topological polar surface area (TPSA) is 64.0 Å². The molecule has 0 spiro atoms. The number of benzene rings is 2. The van der Waals surface area contributed by atoms with E-state index in [-0.39, 0.29) is 24.2 Å². The van der Waals surface area contributed by atoms with E-state index in [2.05, 4.69) is 10.3 Å². The summed E-state index contributed by atoms with van der Waals surface area (Å²) in [5.74, 6) is -0.645. The molecule has 1 amide bonds. The van der Waals surface area contributed by atoms with Crippen molar-refractivity contribution in [3.63, 3.8) is 0 Å². The number of amides is 1. The second-order valence-electron chi connectivity index (χ2n) is 6.01. The van der Waals surface area contributed by atoms with Gasteiger partial charge in [-0.05, 0) is 18.2 Å². The SMILES string of the molecule is O=C(NCCn1cnc(-c2ccccc2)cc1=O)c1cccc(C(F)(F)F)c1. The zero-order chi connectivity index (χ0) is 20.1. The molecule has 1 aromatic heterocycles. The molecular formula is C20H16F3N3O2. The molecule has 28 heavy (non-hydrogen) atoms. The number of carbonyl (C=O) groups is 1. The van der Waals surface area contributed by atoms with Gasteiger partial charge in [0.05, 0.1) is 17.6 Å². The molecule has 0 saturated carbocycles. The third-order valence-corrected chi connectivity index (χ3v) is 4.04. The fourth-order valence-corrected chi connectivity index (χ4v) is 2.59. The first-order chi connectivity index (χ1) is 13.3. The molecular weight excluding hydrogens is 371 g/mol. The summed E-state index contributed by atoms with van der Waals surface area (Å²) in [5, 5.41) is 2.51. The molecule has 3 rings (SSSR count). The molecule has 1 N–H and O–H groups in total. The Morgan fingerprint density at radius 1 is 1.04 bits per heavy atom. The zero-order valence-corrected chi connectivity index (χ0v) is 14.6. The number of aromatic nitrogens is 2. The van der Waals surface area contributed by atoms with Crippen LogP contribution in [0.2, 0.25) is 0 Å². The fourth-order valence-electron chi connectivity index (χ4n) is 2.59. The van der Waals surface area contributed by atoms with Gasteiger partial charge in [-0.2, -0.15) is 13.2 Å². The lowest BCUT2D eigenvalue weighted by Crippen LogP contribution is -2.31. The predicted octanol–water partition coefficient (Wildman–Crippen LogP) is 3.36. The Bertz CT molecular complexity index is 1030. The summed E-state index contributed by atoms with van der Waals surface area (Å²) in [6.45, 7) is 0.215. The Balaban J connectivity index is 1.62. The van der Waals surface area contributed by atoms with E-state index >= 15 is 0 Å². The molecule has 0 atom stereocenters. The van der Waals surface area contributed by atoms with E-state index in [0.29, 0.717) is 5.69 Å². The molecule has 0 radical (unpaired) electrons. The Kier molecular flexibility index (Phi) is 5.58. The quantitative estimate of drug-likeness (QED) is 0.730. The van der Waals surface area contributed by atoms with Crippen molar-refractivity contribution in [1.82, 2.24) is 14.9 Å². The Morgan fingerprint density at radius 3 is 2.46 bits per heavy atom. The van der Waals surface area contributed by atoms with E-state index < -0.39 is 17.6 Å². The van der Waals surface area contributed by atoms with Gasteiger partial charge in [0.1, 0.15) is 0 Å². The maximum Gasteiger partial charge on any atom is 0.416 e. The van der Waals surface area contributed by atoms with Gasteiger partial charge in [0.2, 0.25) is 0 Å². The highest BCUT2D eigenvalue weighted by Gasteiger charge is 2.30. The molecule has 5 nitrogen and oxygen atoms in total. The minimum absolute atomic E-state index is 0.0708. The van der Waals surface area contributed by atoms with Crippen LogP contribution in [0.3, 0.4) is 0 Å². The second-order valence-corrected chi connectivity index (χ2v) is 6.01. The number of nitrogens with zero attached hydrogens (tertiary/aromatic N) is 2. The summed E-state index contributed by atoms with van der Waals surface area (Å²) in [6, 6.07) is 14.8. The predicted molar refractivity (Wildman–Crippen MR) is 97.7 cm³/mol. The molecule has 0 aliphatic heterocycles. The number of rotatable bonds is 5. The average Bonchev–Trinajstić information content (AvgIpc) is 2.69. The number of hydrogen-bond donors (Lipinski definition) is 1. The standard InChI is InChI=1S/C20H16F3N3O2/c21-20(22,23)16-8-4-7-15(11-16)19(28)24-9-10-26-13-25-17(12-18(26)27)14-5-2-1-3-6-14/h1-8,11-13H,9-10H2,(H,24,28). The lowest BCUT2D eigenvalue weighted by Gasteiger charge is -2.10. The number of halogens is 3. The average molecular weight is 387 g/mol. The first-order valence-electron chi connectivity index (χ1n) is 8.42. The van der Waals surface area contributed by atoms with E-state index in [1.165, 1.54) is 29.1 Å². The van der Waals surface area contributed by atoms with Gasteiger partial charge in [0.25, 0.3) is 11.5 Å². The van der Waals surface area contributed by atoms with Crippen molar-refractivity contribution >= 4 is 5.91 Å². The summed E-state index contributed by atoms with van der Waals surface area (Å²) >= 11 is 0. The van der Waals surface area contributed by atoms with Crippen LogP contribution in [0.1, 0.15) is 15.9 Å². The molecule has 2 aromatic carbocycles. The lowest BCUT2D eigenvalue weighted by atomic mass is 10.1. The smallest absolute Gasteiger partial charge is 0.350 e. The van der Waals surface area contributed by atoms with Crippen molar-refractivity contribution in [2.24, 2.45) is 0 Å². The van der Waals surface area contributed by atoms with Crippen LogP contribution in [-0.2, 0) is 12.7 Å². The molecule has 0 aliphatic carbocycles. The lowest BCUT2D eigenvalue weighted by molar-refractivity contribution is -0.137. The highest BCUT2D eigenvalue weighted by atomic mass is 19.4. The Hall–Kier alpha value is -3.42. The van der Waals surface area contributed by atoms with Crippen molar-refractivity contribution in [2.75, 3.05) is 6.54 Å².